The zero-order valence-corrected chi connectivity index (χ0v) is 18.0. The Morgan fingerprint density at radius 2 is 1.93 bits per heavy atom. The Hall–Kier alpha value is -2.85. The highest BCUT2D eigenvalue weighted by Crippen LogP contribution is 2.33. The SMILES string of the molecule is CC1Cc2ccccc2N1C(=O)CSc1nnc(-c2ccc(NS(C)(=O)=O)cc2)o1. The molecule has 8 nitrogen and oxygen atoms in total. The molecule has 0 saturated heterocycles. The first-order chi connectivity index (χ1) is 14.3. The summed E-state index contributed by atoms with van der Waals surface area (Å²) < 4.78 is 30.6. The van der Waals surface area contributed by atoms with E-state index in [0.717, 1.165) is 18.4 Å². The van der Waals surface area contributed by atoms with Crippen molar-refractivity contribution in [3.05, 3.63) is 54.1 Å². The fourth-order valence-corrected chi connectivity index (χ4v) is 4.60. The van der Waals surface area contributed by atoms with Gasteiger partial charge in [-0.25, -0.2) is 8.42 Å². The smallest absolute Gasteiger partial charge is 0.277 e. The minimum absolute atomic E-state index is 0.00611. The Balaban J connectivity index is 1.40. The summed E-state index contributed by atoms with van der Waals surface area (Å²) in [5, 5.41) is 8.32. The van der Waals surface area contributed by atoms with Gasteiger partial charge in [-0.15, -0.1) is 10.2 Å². The summed E-state index contributed by atoms with van der Waals surface area (Å²) in [6.07, 6.45) is 1.94. The quantitative estimate of drug-likeness (QED) is 0.582. The molecule has 4 rings (SSSR count). The van der Waals surface area contributed by atoms with Crippen molar-refractivity contribution in [1.82, 2.24) is 10.2 Å². The molecule has 3 aromatic rings. The van der Waals surface area contributed by atoms with Crippen LogP contribution in [0.4, 0.5) is 11.4 Å². The van der Waals surface area contributed by atoms with Gasteiger partial charge in [0.05, 0.1) is 12.0 Å². The van der Waals surface area contributed by atoms with Crippen molar-refractivity contribution in [2.45, 2.75) is 24.6 Å². The third-order valence-electron chi connectivity index (χ3n) is 4.64. The lowest BCUT2D eigenvalue weighted by Gasteiger charge is -2.22. The van der Waals surface area contributed by atoms with Crippen LogP contribution < -0.4 is 9.62 Å². The highest BCUT2D eigenvalue weighted by atomic mass is 32.2. The monoisotopic (exact) mass is 444 g/mol. The molecule has 0 bridgehead atoms. The minimum atomic E-state index is -3.34. The number of anilines is 2. The molecule has 10 heteroatoms. The van der Waals surface area contributed by atoms with Crippen LogP contribution in [0.15, 0.2) is 58.2 Å². The van der Waals surface area contributed by atoms with E-state index in [2.05, 4.69) is 14.9 Å². The molecule has 0 radical (unpaired) electrons. The molecule has 0 saturated carbocycles. The molecular formula is C20H20N4O4S2. The van der Waals surface area contributed by atoms with E-state index in [4.69, 9.17) is 4.42 Å². The number of amides is 1. The van der Waals surface area contributed by atoms with Crippen molar-refractivity contribution in [2.24, 2.45) is 0 Å². The maximum Gasteiger partial charge on any atom is 0.277 e. The number of nitrogens with zero attached hydrogens (tertiary/aromatic N) is 3. The average Bonchev–Trinajstić information content (AvgIpc) is 3.29. The van der Waals surface area contributed by atoms with Crippen LogP contribution in [-0.2, 0) is 21.2 Å². The predicted molar refractivity (Wildman–Crippen MR) is 116 cm³/mol. The van der Waals surface area contributed by atoms with Crippen molar-refractivity contribution >= 4 is 39.1 Å². The van der Waals surface area contributed by atoms with Crippen LogP contribution in [0.1, 0.15) is 12.5 Å². The lowest BCUT2D eigenvalue weighted by Crippen LogP contribution is -2.36. The van der Waals surface area contributed by atoms with E-state index >= 15 is 0 Å². The second kappa shape index (κ2) is 8.11. The molecule has 1 amide bonds. The van der Waals surface area contributed by atoms with Gasteiger partial charge in [0, 0.05) is 23.0 Å². The van der Waals surface area contributed by atoms with Gasteiger partial charge in [0.1, 0.15) is 0 Å². The zero-order chi connectivity index (χ0) is 21.3. The fourth-order valence-electron chi connectivity index (χ4n) is 3.42. The van der Waals surface area contributed by atoms with Gasteiger partial charge < -0.3 is 9.32 Å². The van der Waals surface area contributed by atoms with Crippen LogP contribution in [0.3, 0.4) is 0 Å². The topological polar surface area (TPSA) is 105 Å². The number of hydrogen-bond acceptors (Lipinski definition) is 7. The first-order valence-electron chi connectivity index (χ1n) is 9.24. The lowest BCUT2D eigenvalue weighted by atomic mass is 10.1. The van der Waals surface area contributed by atoms with E-state index in [1.165, 1.54) is 17.3 Å². The molecule has 2 heterocycles. The molecule has 0 fully saturated rings. The summed E-state index contributed by atoms with van der Waals surface area (Å²) in [5.74, 6) is 0.487. The summed E-state index contributed by atoms with van der Waals surface area (Å²) in [7, 11) is -3.34. The predicted octanol–water partition coefficient (Wildman–Crippen LogP) is 3.18. The van der Waals surface area contributed by atoms with Gasteiger partial charge in [-0.3, -0.25) is 9.52 Å². The Morgan fingerprint density at radius 1 is 1.20 bits per heavy atom. The van der Waals surface area contributed by atoms with Crippen LogP contribution in [-0.4, -0.2) is 42.6 Å². The lowest BCUT2D eigenvalue weighted by molar-refractivity contribution is -0.116. The normalized spacial score (nSPS) is 15.8. The van der Waals surface area contributed by atoms with E-state index in [0.29, 0.717) is 22.4 Å². The molecule has 1 aromatic heterocycles. The van der Waals surface area contributed by atoms with E-state index < -0.39 is 10.0 Å². The number of hydrogen-bond donors (Lipinski definition) is 1. The molecule has 0 spiro atoms. The Kier molecular flexibility index (Phi) is 5.52. The fraction of sp³-hybridized carbons (Fsp3) is 0.250. The van der Waals surface area contributed by atoms with Crippen LogP contribution in [0.5, 0.6) is 0 Å². The number of rotatable bonds is 6. The van der Waals surface area contributed by atoms with Gasteiger partial charge in [0.2, 0.25) is 21.8 Å². The van der Waals surface area contributed by atoms with Crippen molar-refractivity contribution in [1.29, 1.82) is 0 Å². The maximum atomic E-state index is 12.8. The molecule has 156 valence electrons. The van der Waals surface area contributed by atoms with Crippen molar-refractivity contribution in [3.8, 4) is 11.5 Å². The summed E-state index contributed by atoms with van der Waals surface area (Å²) in [6, 6.07) is 14.7. The van der Waals surface area contributed by atoms with Crippen LogP contribution in [0.2, 0.25) is 0 Å². The number of fused-ring (bicyclic) bond motifs is 1. The van der Waals surface area contributed by atoms with E-state index in [1.54, 1.807) is 24.3 Å². The highest BCUT2D eigenvalue weighted by Gasteiger charge is 2.30. The molecule has 2 aromatic carbocycles. The molecule has 0 aliphatic carbocycles. The largest absolute Gasteiger partial charge is 0.411 e. The second-order valence-electron chi connectivity index (χ2n) is 7.06. The van der Waals surface area contributed by atoms with Gasteiger partial charge >= 0.3 is 0 Å². The van der Waals surface area contributed by atoms with Crippen LogP contribution in [0, 0.1) is 0 Å². The summed E-state index contributed by atoms with van der Waals surface area (Å²) in [5.41, 5.74) is 3.24. The summed E-state index contributed by atoms with van der Waals surface area (Å²) >= 11 is 1.20. The number of carbonyl (C=O) groups excluding carboxylic acids is 1. The zero-order valence-electron chi connectivity index (χ0n) is 16.4. The van der Waals surface area contributed by atoms with Crippen molar-refractivity contribution in [3.63, 3.8) is 0 Å². The Labute approximate surface area is 178 Å². The standard InChI is InChI=1S/C20H20N4O4S2/c1-13-11-15-5-3-4-6-17(15)24(13)18(25)12-29-20-22-21-19(28-20)14-7-9-16(10-8-14)23-30(2,26)27/h3-10,13,23H,11-12H2,1-2H3. The third kappa shape index (κ3) is 4.49. The van der Waals surface area contributed by atoms with Gasteiger partial charge in [-0.05, 0) is 49.2 Å². The number of aromatic nitrogens is 2. The maximum absolute atomic E-state index is 12.8. The van der Waals surface area contributed by atoms with Crippen LogP contribution >= 0.6 is 11.8 Å². The Bertz CT molecular complexity index is 1180. The molecule has 1 aliphatic heterocycles. The number of nitrogens with one attached hydrogen (secondary N) is 1. The number of thioether (sulfide) groups is 1. The van der Waals surface area contributed by atoms with Crippen molar-refractivity contribution in [2.75, 3.05) is 21.6 Å². The molecule has 30 heavy (non-hydrogen) atoms. The molecule has 1 N–H and O–H groups in total. The molecule has 1 atom stereocenters. The van der Waals surface area contributed by atoms with Crippen LogP contribution in [0.25, 0.3) is 11.5 Å². The Morgan fingerprint density at radius 3 is 2.67 bits per heavy atom. The first kappa shape index (κ1) is 20.4. The summed E-state index contributed by atoms with van der Waals surface area (Å²) in [4.78, 5) is 14.6. The summed E-state index contributed by atoms with van der Waals surface area (Å²) in [6.45, 7) is 2.04. The van der Waals surface area contributed by atoms with Gasteiger partial charge in [-0.2, -0.15) is 0 Å². The molecule has 1 unspecified atom stereocenters. The number of para-hydroxylation sites is 1. The van der Waals surface area contributed by atoms with Gasteiger partial charge in [-0.1, -0.05) is 30.0 Å². The number of carbonyl (C=O) groups is 1. The highest BCUT2D eigenvalue weighted by molar-refractivity contribution is 7.99. The van der Waals surface area contributed by atoms with Gasteiger partial charge in [0.25, 0.3) is 5.22 Å². The minimum Gasteiger partial charge on any atom is -0.411 e. The third-order valence-corrected chi connectivity index (χ3v) is 6.05. The first-order valence-corrected chi connectivity index (χ1v) is 12.1. The average molecular weight is 445 g/mol. The number of benzene rings is 2. The molecular weight excluding hydrogens is 424 g/mol. The second-order valence-corrected chi connectivity index (χ2v) is 9.73. The molecule has 1 aliphatic rings. The van der Waals surface area contributed by atoms with Crippen molar-refractivity contribution < 1.29 is 17.6 Å². The van der Waals surface area contributed by atoms with E-state index in [-0.39, 0.29) is 17.7 Å². The van der Waals surface area contributed by atoms with E-state index in [9.17, 15) is 13.2 Å². The number of sulfonamides is 1. The van der Waals surface area contributed by atoms with E-state index in [1.807, 2.05) is 36.1 Å². The van der Waals surface area contributed by atoms with Gasteiger partial charge in [0.15, 0.2) is 0 Å².